The van der Waals surface area contributed by atoms with E-state index in [0.717, 1.165) is 32.1 Å². The van der Waals surface area contributed by atoms with E-state index in [0.29, 0.717) is 10.7 Å². The molecule has 1 aliphatic carbocycles. The highest BCUT2D eigenvalue weighted by atomic mass is 35.5. The summed E-state index contributed by atoms with van der Waals surface area (Å²) in [7, 11) is 0. The van der Waals surface area contributed by atoms with Crippen LogP contribution in [-0.2, 0) is 0 Å². The van der Waals surface area contributed by atoms with Gasteiger partial charge in [0, 0.05) is 5.02 Å². The first-order valence-corrected chi connectivity index (χ1v) is 6.44. The molecule has 2 nitrogen and oxygen atoms in total. The summed E-state index contributed by atoms with van der Waals surface area (Å²) in [6, 6.07) is 4.49. The maximum Gasteiger partial charge on any atom is 0.147 e. The highest BCUT2D eigenvalue weighted by molar-refractivity contribution is 6.30. The van der Waals surface area contributed by atoms with Crippen molar-refractivity contribution < 1.29 is 9.50 Å². The molecule has 0 heterocycles. The lowest BCUT2D eigenvalue weighted by atomic mass is 10.1. The van der Waals surface area contributed by atoms with Crippen molar-refractivity contribution in [3.8, 4) is 0 Å². The standard InChI is InChI=1S/C13H17ClFNO/c14-9-6-7-11(10(15)8-9)16-12-4-2-1-3-5-13(12)17/h6-8,12-13,16-17H,1-5H2. The second kappa shape index (κ2) is 5.69. The van der Waals surface area contributed by atoms with Crippen molar-refractivity contribution in [3.05, 3.63) is 29.0 Å². The molecule has 0 amide bonds. The Bertz CT molecular complexity index is 386. The second-order valence-corrected chi connectivity index (χ2v) is 5.02. The van der Waals surface area contributed by atoms with Gasteiger partial charge in [-0.05, 0) is 31.0 Å². The molecule has 2 rings (SSSR count). The monoisotopic (exact) mass is 257 g/mol. The lowest BCUT2D eigenvalue weighted by Gasteiger charge is -2.23. The summed E-state index contributed by atoms with van der Waals surface area (Å²) in [5.74, 6) is -0.367. The van der Waals surface area contributed by atoms with Gasteiger partial charge in [0.05, 0.1) is 17.8 Å². The first-order chi connectivity index (χ1) is 8.16. The summed E-state index contributed by atoms with van der Waals surface area (Å²) in [4.78, 5) is 0. The van der Waals surface area contributed by atoms with Gasteiger partial charge in [0.2, 0.25) is 0 Å². The number of anilines is 1. The van der Waals surface area contributed by atoms with Crippen molar-refractivity contribution in [2.24, 2.45) is 0 Å². The normalized spacial score (nSPS) is 25.4. The van der Waals surface area contributed by atoms with Gasteiger partial charge in [0.15, 0.2) is 0 Å². The average Bonchev–Trinajstić information content (AvgIpc) is 2.48. The molecule has 0 saturated heterocycles. The number of rotatable bonds is 2. The van der Waals surface area contributed by atoms with Crippen LogP contribution in [0.2, 0.25) is 5.02 Å². The number of nitrogens with one attached hydrogen (secondary N) is 1. The summed E-state index contributed by atoms with van der Waals surface area (Å²) in [5, 5.41) is 13.4. The summed E-state index contributed by atoms with van der Waals surface area (Å²) in [6.45, 7) is 0. The quantitative estimate of drug-likeness (QED) is 0.794. The summed E-state index contributed by atoms with van der Waals surface area (Å²) in [6.07, 6.45) is 4.52. The number of benzene rings is 1. The molecule has 1 aromatic rings. The Labute approximate surface area is 106 Å². The summed E-state index contributed by atoms with van der Waals surface area (Å²) >= 11 is 5.70. The van der Waals surface area contributed by atoms with E-state index in [1.807, 2.05) is 0 Å². The third kappa shape index (κ3) is 3.33. The van der Waals surface area contributed by atoms with E-state index >= 15 is 0 Å². The zero-order chi connectivity index (χ0) is 12.3. The zero-order valence-electron chi connectivity index (χ0n) is 9.63. The molecule has 1 fully saturated rings. The molecule has 17 heavy (non-hydrogen) atoms. The minimum absolute atomic E-state index is 0.0619. The molecule has 2 atom stereocenters. The molecule has 0 spiro atoms. The van der Waals surface area contributed by atoms with Crippen LogP contribution in [0.25, 0.3) is 0 Å². The number of halogens is 2. The van der Waals surface area contributed by atoms with Crippen molar-refractivity contribution in [2.45, 2.75) is 44.2 Å². The van der Waals surface area contributed by atoms with Gasteiger partial charge in [0.1, 0.15) is 5.82 Å². The van der Waals surface area contributed by atoms with Crippen molar-refractivity contribution in [2.75, 3.05) is 5.32 Å². The van der Waals surface area contributed by atoms with E-state index in [9.17, 15) is 9.50 Å². The molecule has 0 aliphatic heterocycles. The minimum atomic E-state index is -0.396. The number of aliphatic hydroxyl groups excluding tert-OH is 1. The van der Waals surface area contributed by atoms with Crippen LogP contribution >= 0.6 is 11.6 Å². The lowest BCUT2D eigenvalue weighted by Crippen LogP contribution is -2.32. The van der Waals surface area contributed by atoms with Gasteiger partial charge in [-0.15, -0.1) is 0 Å². The van der Waals surface area contributed by atoms with E-state index < -0.39 is 6.10 Å². The number of aliphatic hydroxyl groups is 1. The fourth-order valence-corrected chi connectivity index (χ4v) is 2.42. The average molecular weight is 258 g/mol. The maximum absolute atomic E-state index is 13.6. The zero-order valence-corrected chi connectivity index (χ0v) is 10.4. The molecule has 2 N–H and O–H groups in total. The highest BCUT2D eigenvalue weighted by Gasteiger charge is 2.22. The molecular formula is C13H17ClFNO. The van der Waals surface area contributed by atoms with E-state index in [2.05, 4.69) is 5.32 Å². The molecule has 94 valence electrons. The fraction of sp³-hybridized carbons (Fsp3) is 0.538. The van der Waals surface area contributed by atoms with E-state index in [1.165, 1.54) is 6.07 Å². The van der Waals surface area contributed by atoms with Crippen LogP contribution in [0.5, 0.6) is 0 Å². The topological polar surface area (TPSA) is 32.3 Å². The van der Waals surface area contributed by atoms with E-state index in [-0.39, 0.29) is 11.9 Å². The summed E-state index contributed by atoms with van der Waals surface area (Å²) in [5.41, 5.74) is 0.417. The Balaban J connectivity index is 2.08. The van der Waals surface area contributed by atoms with Crippen LogP contribution in [0, 0.1) is 5.82 Å². The van der Waals surface area contributed by atoms with Crippen molar-refractivity contribution in [1.82, 2.24) is 0 Å². The maximum atomic E-state index is 13.6. The van der Waals surface area contributed by atoms with Crippen molar-refractivity contribution in [3.63, 3.8) is 0 Å². The Hall–Kier alpha value is -0.800. The minimum Gasteiger partial charge on any atom is -0.391 e. The molecule has 4 heteroatoms. The molecule has 0 aromatic heterocycles. The van der Waals surface area contributed by atoms with Crippen molar-refractivity contribution >= 4 is 17.3 Å². The van der Waals surface area contributed by atoms with Crippen LogP contribution in [0.4, 0.5) is 10.1 Å². The largest absolute Gasteiger partial charge is 0.391 e. The predicted octanol–water partition coefficient (Wildman–Crippen LogP) is 3.58. The molecule has 0 radical (unpaired) electrons. The van der Waals surface area contributed by atoms with Crippen LogP contribution in [0.1, 0.15) is 32.1 Å². The van der Waals surface area contributed by atoms with E-state index in [4.69, 9.17) is 11.6 Å². The van der Waals surface area contributed by atoms with Crippen LogP contribution < -0.4 is 5.32 Å². The molecule has 1 aliphatic rings. The van der Waals surface area contributed by atoms with E-state index in [1.54, 1.807) is 12.1 Å². The van der Waals surface area contributed by atoms with Gasteiger partial charge < -0.3 is 10.4 Å². The second-order valence-electron chi connectivity index (χ2n) is 4.58. The van der Waals surface area contributed by atoms with Gasteiger partial charge in [-0.1, -0.05) is 30.9 Å². The Kier molecular flexibility index (Phi) is 4.24. The number of hydrogen-bond acceptors (Lipinski definition) is 2. The smallest absolute Gasteiger partial charge is 0.147 e. The Morgan fingerprint density at radius 2 is 2.00 bits per heavy atom. The van der Waals surface area contributed by atoms with Gasteiger partial charge in [-0.25, -0.2) is 4.39 Å². The van der Waals surface area contributed by atoms with Crippen LogP contribution in [0.15, 0.2) is 18.2 Å². The first-order valence-electron chi connectivity index (χ1n) is 6.06. The third-order valence-corrected chi connectivity index (χ3v) is 3.49. The van der Waals surface area contributed by atoms with Gasteiger partial charge in [0.25, 0.3) is 0 Å². The van der Waals surface area contributed by atoms with Gasteiger partial charge in [-0.3, -0.25) is 0 Å². The molecule has 0 bridgehead atoms. The highest BCUT2D eigenvalue weighted by Crippen LogP contribution is 2.24. The fourth-order valence-electron chi connectivity index (χ4n) is 2.26. The first kappa shape index (κ1) is 12.7. The number of hydrogen-bond donors (Lipinski definition) is 2. The lowest BCUT2D eigenvalue weighted by molar-refractivity contribution is 0.144. The third-order valence-electron chi connectivity index (χ3n) is 3.25. The molecule has 1 saturated carbocycles. The van der Waals surface area contributed by atoms with Crippen LogP contribution in [-0.4, -0.2) is 17.3 Å². The predicted molar refractivity (Wildman–Crippen MR) is 67.9 cm³/mol. The molecule has 1 aromatic carbocycles. The van der Waals surface area contributed by atoms with Gasteiger partial charge in [-0.2, -0.15) is 0 Å². The molecule has 2 unspecified atom stereocenters. The Morgan fingerprint density at radius 3 is 2.76 bits per heavy atom. The van der Waals surface area contributed by atoms with Gasteiger partial charge >= 0.3 is 0 Å². The summed E-state index contributed by atoms with van der Waals surface area (Å²) < 4.78 is 13.6. The van der Waals surface area contributed by atoms with Crippen molar-refractivity contribution in [1.29, 1.82) is 0 Å². The molecular weight excluding hydrogens is 241 g/mol. The van der Waals surface area contributed by atoms with Crippen LogP contribution in [0.3, 0.4) is 0 Å². The Morgan fingerprint density at radius 1 is 1.24 bits per heavy atom. The SMILES string of the molecule is OC1CCCCCC1Nc1ccc(Cl)cc1F.